The van der Waals surface area contributed by atoms with Gasteiger partial charge in [0.2, 0.25) is 0 Å². The number of aldehydes is 1. The number of allylic oxidation sites excluding steroid dienone is 1. The molecule has 78 valence electrons. The Kier molecular flexibility index (Phi) is 6.38. The van der Waals surface area contributed by atoms with Gasteiger partial charge in [-0.25, -0.2) is 0 Å². The van der Waals surface area contributed by atoms with Gasteiger partial charge in [-0.1, -0.05) is 0 Å². The Morgan fingerprint density at radius 2 is 1.67 bits per heavy atom. The molecule has 0 N–H and O–H groups in total. The molecule has 3 heteroatoms. The normalized spacial score (nSPS) is 9.67. The molecule has 0 aromatic carbocycles. The maximum atomic E-state index is 9.91. The van der Waals surface area contributed by atoms with Crippen molar-refractivity contribution in [3.63, 3.8) is 0 Å². The molecule has 0 aliphatic rings. The average molecular weight is 330 g/mol. The molecule has 0 bridgehead atoms. The molecule has 2 rings (SSSR count). The molecule has 0 saturated carbocycles. The molecular weight excluding hydrogens is 318 g/mol. The number of carbonyl (C=O) groups is 1. The molecule has 0 aliphatic heterocycles. The van der Waals surface area contributed by atoms with Gasteiger partial charge in [-0.2, -0.15) is 0 Å². The van der Waals surface area contributed by atoms with Crippen molar-refractivity contribution in [1.29, 1.82) is 0 Å². The quantitative estimate of drug-likeness (QED) is 0.610. The summed E-state index contributed by atoms with van der Waals surface area (Å²) in [7, 11) is 0. The van der Waals surface area contributed by atoms with Crippen molar-refractivity contribution in [3.05, 3.63) is 49.1 Å². The summed E-state index contributed by atoms with van der Waals surface area (Å²) in [6.45, 7) is 2.05. The Labute approximate surface area is 102 Å². The Bertz CT molecular complexity index is 385. The summed E-state index contributed by atoms with van der Waals surface area (Å²) in [5, 5.41) is 0. The van der Waals surface area contributed by atoms with Crippen LogP contribution >= 0.6 is 0 Å². The van der Waals surface area contributed by atoms with Crippen molar-refractivity contribution in [2.24, 2.45) is 0 Å². The molecule has 0 saturated heterocycles. The molecule has 0 fully saturated rings. The first-order valence-electron chi connectivity index (χ1n) is 4.51. The van der Waals surface area contributed by atoms with Gasteiger partial charge in [-0.3, -0.25) is 0 Å². The van der Waals surface area contributed by atoms with Crippen LogP contribution in [0.1, 0.15) is 20.6 Å². The molecular formula is C12H12OSe2. The van der Waals surface area contributed by atoms with E-state index in [4.69, 9.17) is 0 Å². The van der Waals surface area contributed by atoms with Gasteiger partial charge < -0.3 is 0 Å². The van der Waals surface area contributed by atoms with Gasteiger partial charge in [-0.15, -0.1) is 0 Å². The van der Waals surface area contributed by atoms with Crippen molar-refractivity contribution in [2.45, 2.75) is 6.92 Å². The summed E-state index contributed by atoms with van der Waals surface area (Å²) in [6, 6.07) is 8.06. The van der Waals surface area contributed by atoms with Crippen LogP contribution in [0, 0.1) is 0 Å². The Morgan fingerprint density at radius 3 is 2.00 bits per heavy atom. The molecule has 1 nitrogen and oxygen atoms in total. The molecule has 2 heterocycles. The standard InChI is InChI=1S/C7H8Se.C5H4OSe/c1-2-4-7-5-3-6-8-7;6-4-5-2-1-3-7-5/h2-6H,1H3;1-4H. The van der Waals surface area contributed by atoms with E-state index in [1.54, 1.807) is 0 Å². The zero-order chi connectivity index (χ0) is 10.9. The molecule has 2 aromatic heterocycles. The van der Waals surface area contributed by atoms with E-state index < -0.39 is 0 Å². The second-order valence-corrected chi connectivity index (χ2v) is 6.76. The molecule has 15 heavy (non-hydrogen) atoms. The van der Waals surface area contributed by atoms with Crippen molar-refractivity contribution in [3.8, 4) is 0 Å². The van der Waals surface area contributed by atoms with E-state index in [2.05, 4.69) is 36.1 Å². The van der Waals surface area contributed by atoms with Gasteiger partial charge in [0.15, 0.2) is 0 Å². The minimum absolute atomic E-state index is 0.349. The third-order valence-electron chi connectivity index (χ3n) is 1.53. The summed E-state index contributed by atoms with van der Waals surface area (Å²) in [5.74, 6) is 0. The Hall–Kier alpha value is -0.591. The predicted octanol–water partition coefficient (Wildman–Crippen LogP) is 2.33. The first kappa shape index (κ1) is 12.5. The van der Waals surface area contributed by atoms with Gasteiger partial charge in [0.05, 0.1) is 0 Å². The van der Waals surface area contributed by atoms with Gasteiger partial charge >= 0.3 is 102 Å². The van der Waals surface area contributed by atoms with Crippen LogP contribution in [0.5, 0.6) is 0 Å². The molecule has 0 unspecified atom stereocenters. The van der Waals surface area contributed by atoms with Gasteiger partial charge in [0.25, 0.3) is 0 Å². The number of hydrogen-bond donors (Lipinski definition) is 0. The summed E-state index contributed by atoms with van der Waals surface area (Å²) >= 11 is 0.980. The monoisotopic (exact) mass is 332 g/mol. The summed E-state index contributed by atoms with van der Waals surface area (Å²) in [6.07, 6.45) is 5.17. The van der Waals surface area contributed by atoms with Crippen LogP contribution in [0.25, 0.3) is 6.08 Å². The second-order valence-electron chi connectivity index (χ2n) is 2.65. The SMILES string of the molecule is CC=Cc1ccc[se]1.O=Cc1ccc[se]1. The van der Waals surface area contributed by atoms with Crippen LogP contribution < -0.4 is 0 Å². The Morgan fingerprint density at radius 1 is 1.07 bits per heavy atom. The van der Waals surface area contributed by atoms with Crippen molar-refractivity contribution >= 4 is 41.4 Å². The fourth-order valence-electron chi connectivity index (χ4n) is 0.909. The van der Waals surface area contributed by atoms with E-state index in [0.717, 1.165) is 10.7 Å². The molecule has 0 amide bonds. The van der Waals surface area contributed by atoms with Crippen LogP contribution in [0.3, 0.4) is 0 Å². The summed E-state index contributed by atoms with van der Waals surface area (Å²) < 4.78 is 2.41. The van der Waals surface area contributed by atoms with E-state index in [9.17, 15) is 4.79 Å². The van der Waals surface area contributed by atoms with Crippen molar-refractivity contribution in [2.75, 3.05) is 0 Å². The van der Waals surface area contributed by atoms with Crippen LogP contribution in [-0.2, 0) is 0 Å². The van der Waals surface area contributed by atoms with Gasteiger partial charge in [-0.05, 0) is 0 Å². The fraction of sp³-hybridized carbons (Fsp3) is 0.0833. The maximum absolute atomic E-state index is 9.91. The van der Waals surface area contributed by atoms with Crippen molar-refractivity contribution in [1.82, 2.24) is 0 Å². The first-order chi connectivity index (χ1) is 7.36. The number of carbonyl (C=O) groups excluding carboxylic acids is 1. The van der Waals surface area contributed by atoms with Gasteiger partial charge in [0.1, 0.15) is 0 Å². The Balaban J connectivity index is 0.000000151. The zero-order valence-corrected chi connectivity index (χ0v) is 11.8. The molecule has 0 radical (unpaired) electrons. The second kappa shape index (κ2) is 7.67. The first-order valence-corrected chi connectivity index (χ1v) is 8.21. The number of rotatable bonds is 2. The van der Waals surface area contributed by atoms with Crippen LogP contribution in [-0.4, -0.2) is 35.3 Å². The van der Waals surface area contributed by atoms with Crippen molar-refractivity contribution < 1.29 is 4.79 Å². The summed E-state index contributed by atoms with van der Waals surface area (Å²) in [4.78, 5) is 14.2. The molecule has 0 aliphatic carbocycles. The summed E-state index contributed by atoms with van der Waals surface area (Å²) in [5.41, 5.74) is 0. The third-order valence-corrected chi connectivity index (χ3v) is 4.96. The van der Waals surface area contributed by atoms with Crippen LogP contribution in [0.2, 0.25) is 0 Å². The molecule has 0 spiro atoms. The molecule has 2 aromatic rings. The van der Waals surface area contributed by atoms with Crippen LogP contribution in [0.15, 0.2) is 40.2 Å². The third kappa shape index (κ3) is 5.15. The molecule has 0 atom stereocenters. The fourth-order valence-corrected chi connectivity index (χ4v) is 3.45. The van der Waals surface area contributed by atoms with E-state index >= 15 is 0 Å². The van der Waals surface area contributed by atoms with E-state index in [0.29, 0.717) is 29.0 Å². The number of hydrogen-bond acceptors (Lipinski definition) is 1. The predicted molar refractivity (Wildman–Crippen MR) is 66.9 cm³/mol. The van der Waals surface area contributed by atoms with E-state index in [1.165, 1.54) is 4.44 Å². The van der Waals surface area contributed by atoms with Crippen LogP contribution in [0.4, 0.5) is 0 Å². The van der Waals surface area contributed by atoms with E-state index in [1.807, 2.05) is 17.1 Å². The topological polar surface area (TPSA) is 17.1 Å². The average Bonchev–Trinajstić information content (AvgIpc) is 2.91. The van der Waals surface area contributed by atoms with E-state index in [-0.39, 0.29) is 0 Å². The van der Waals surface area contributed by atoms with Gasteiger partial charge in [0, 0.05) is 0 Å². The minimum atomic E-state index is 0.349. The zero-order valence-electron chi connectivity index (χ0n) is 8.42.